The minimum absolute atomic E-state index is 0.00528. The molecule has 0 atom stereocenters. The number of rotatable bonds is 4. The topological polar surface area (TPSA) is 53.3 Å². The van der Waals surface area contributed by atoms with Crippen molar-refractivity contribution in [2.24, 2.45) is 0 Å². The maximum atomic E-state index is 12.5. The zero-order valence-corrected chi connectivity index (χ0v) is 15.1. The Hall–Kier alpha value is -2.74. The molecule has 142 valence electrons. The molecule has 2 aromatic carbocycles. The molecule has 0 N–H and O–H groups in total. The number of halogens is 4. The number of aromatic nitrogens is 2. The molecular formula is C18H14ClF3N2O3. The Morgan fingerprint density at radius 1 is 1.22 bits per heavy atom. The smallest absolute Gasteiger partial charge is 0.464 e. The number of fused-ring (bicyclic) bond motifs is 1. The highest BCUT2D eigenvalue weighted by molar-refractivity contribution is 6.31. The molecule has 3 aromatic rings. The third kappa shape index (κ3) is 4.16. The van der Waals surface area contributed by atoms with Crippen LogP contribution >= 0.6 is 11.6 Å². The van der Waals surface area contributed by atoms with Gasteiger partial charge in [-0.2, -0.15) is 5.10 Å². The van der Waals surface area contributed by atoms with Gasteiger partial charge in [-0.05, 0) is 36.2 Å². The number of carbonyl (C=O) groups is 1. The fourth-order valence-corrected chi connectivity index (χ4v) is 2.96. The molecule has 0 amide bonds. The van der Waals surface area contributed by atoms with Gasteiger partial charge in [0.25, 0.3) is 0 Å². The van der Waals surface area contributed by atoms with E-state index in [-0.39, 0.29) is 17.8 Å². The largest absolute Gasteiger partial charge is 0.573 e. The lowest BCUT2D eigenvalue weighted by molar-refractivity contribution is -0.274. The number of carbonyl (C=O) groups excluding carboxylic acids is 1. The Balaban J connectivity index is 2.11. The third-order valence-electron chi connectivity index (χ3n) is 3.86. The third-order valence-corrected chi connectivity index (χ3v) is 4.22. The van der Waals surface area contributed by atoms with Crippen molar-refractivity contribution >= 4 is 28.5 Å². The minimum atomic E-state index is -4.83. The lowest BCUT2D eigenvalue weighted by Crippen LogP contribution is -2.17. The van der Waals surface area contributed by atoms with E-state index in [0.29, 0.717) is 16.0 Å². The van der Waals surface area contributed by atoms with Gasteiger partial charge in [0.15, 0.2) is 5.69 Å². The van der Waals surface area contributed by atoms with Crippen molar-refractivity contribution in [3.05, 3.63) is 58.2 Å². The molecule has 0 saturated heterocycles. The molecule has 0 aliphatic rings. The van der Waals surface area contributed by atoms with Crippen LogP contribution in [0.4, 0.5) is 13.2 Å². The molecule has 0 unspecified atom stereocenters. The number of methoxy groups -OCH3 is 1. The highest BCUT2D eigenvalue weighted by Gasteiger charge is 2.31. The van der Waals surface area contributed by atoms with Gasteiger partial charge in [-0.3, -0.25) is 4.68 Å². The summed E-state index contributed by atoms with van der Waals surface area (Å²) in [5.74, 6) is -1.11. The zero-order valence-electron chi connectivity index (χ0n) is 14.3. The Morgan fingerprint density at radius 2 is 1.96 bits per heavy atom. The van der Waals surface area contributed by atoms with Gasteiger partial charge in [0.1, 0.15) is 5.75 Å². The number of hydrogen-bond acceptors (Lipinski definition) is 4. The fraction of sp³-hybridized carbons (Fsp3) is 0.222. The van der Waals surface area contributed by atoms with Crippen molar-refractivity contribution in [2.45, 2.75) is 19.8 Å². The predicted octanol–water partition coefficient (Wildman–Crippen LogP) is 4.73. The monoisotopic (exact) mass is 398 g/mol. The van der Waals surface area contributed by atoms with E-state index >= 15 is 0 Å². The second-order valence-electron chi connectivity index (χ2n) is 5.82. The molecule has 0 radical (unpaired) electrons. The van der Waals surface area contributed by atoms with Crippen LogP contribution in [0.15, 0.2) is 36.4 Å². The molecular weight excluding hydrogens is 385 g/mol. The van der Waals surface area contributed by atoms with E-state index in [1.807, 2.05) is 13.0 Å². The van der Waals surface area contributed by atoms with Crippen molar-refractivity contribution in [3.8, 4) is 5.75 Å². The maximum absolute atomic E-state index is 12.5. The van der Waals surface area contributed by atoms with E-state index in [4.69, 9.17) is 16.3 Å². The Morgan fingerprint density at radius 3 is 2.59 bits per heavy atom. The first-order chi connectivity index (χ1) is 12.7. The van der Waals surface area contributed by atoms with Crippen LogP contribution in [0.1, 0.15) is 21.6 Å². The van der Waals surface area contributed by atoms with E-state index in [1.165, 1.54) is 23.9 Å². The SMILES string of the molecule is COC(=O)c1nn(Cc2ccc(C)cc2Cl)c2cc(OC(F)(F)F)ccc12. The molecule has 0 aliphatic heterocycles. The van der Waals surface area contributed by atoms with Crippen molar-refractivity contribution in [2.75, 3.05) is 7.11 Å². The summed E-state index contributed by atoms with van der Waals surface area (Å²) in [6.07, 6.45) is -4.83. The average Bonchev–Trinajstić information content (AvgIpc) is 2.93. The van der Waals surface area contributed by atoms with Crippen molar-refractivity contribution in [1.82, 2.24) is 9.78 Å². The van der Waals surface area contributed by atoms with Crippen LogP contribution in [0, 0.1) is 6.92 Å². The van der Waals surface area contributed by atoms with Gasteiger partial charge in [-0.15, -0.1) is 13.2 Å². The van der Waals surface area contributed by atoms with Gasteiger partial charge in [-0.25, -0.2) is 4.79 Å². The highest BCUT2D eigenvalue weighted by Crippen LogP contribution is 2.29. The van der Waals surface area contributed by atoms with Gasteiger partial charge in [-0.1, -0.05) is 23.7 Å². The summed E-state index contributed by atoms with van der Waals surface area (Å²) in [4.78, 5) is 12.0. The first-order valence-electron chi connectivity index (χ1n) is 7.77. The van der Waals surface area contributed by atoms with Crippen LogP contribution in [-0.2, 0) is 11.3 Å². The van der Waals surface area contributed by atoms with Gasteiger partial charge in [0.05, 0.1) is 19.2 Å². The van der Waals surface area contributed by atoms with E-state index < -0.39 is 18.1 Å². The lowest BCUT2D eigenvalue weighted by Gasteiger charge is -2.10. The molecule has 27 heavy (non-hydrogen) atoms. The second kappa shape index (κ2) is 7.11. The normalized spacial score (nSPS) is 11.6. The van der Waals surface area contributed by atoms with E-state index in [0.717, 1.165) is 11.6 Å². The number of alkyl halides is 3. The molecule has 9 heteroatoms. The van der Waals surface area contributed by atoms with Gasteiger partial charge in [0, 0.05) is 16.5 Å². The average molecular weight is 399 g/mol. The number of hydrogen-bond donors (Lipinski definition) is 0. The maximum Gasteiger partial charge on any atom is 0.573 e. The summed E-state index contributed by atoms with van der Waals surface area (Å²) in [6, 6.07) is 9.04. The summed E-state index contributed by atoms with van der Waals surface area (Å²) in [6.45, 7) is 2.04. The van der Waals surface area contributed by atoms with Crippen molar-refractivity contribution in [1.29, 1.82) is 0 Å². The molecule has 0 bridgehead atoms. The van der Waals surface area contributed by atoms with Gasteiger partial charge in [0.2, 0.25) is 0 Å². The van der Waals surface area contributed by atoms with Gasteiger partial charge >= 0.3 is 12.3 Å². The van der Waals surface area contributed by atoms with Crippen LogP contribution in [0.25, 0.3) is 10.9 Å². The second-order valence-corrected chi connectivity index (χ2v) is 6.23. The van der Waals surface area contributed by atoms with E-state index in [1.54, 1.807) is 12.1 Å². The van der Waals surface area contributed by atoms with Crippen LogP contribution in [-0.4, -0.2) is 29.2 Å². The van der Waals surface area contributed by atoms with Crippen molar-refractivity contribution < 1.29 is 27.4 Å². The zero-order chi connectivity index (χ0) is 19.8. The highest BCUT2D eigenvalue weighted by atomic mass is 35.5. The Labute approximate surface area is 157 Å². The van der Waals surface area contributed by atoms with Crippen LogP contribution in [0.5, 0.6) is 5.75 Å². The van der Waals surface area contributed by atoms with Crippen LogP contribution < -0.4 is 4.74 Å². The van der Waals surface area contributed by atoms with Crippen LogP contribution in [0.3, 0.4) is 0 Å². The summed E-state index contributed by atoms with van der Waals surface area (Å²) >= 11 is 6.24. The van der Waals surface area contributed by atoms with Crippen molar-refractivity contribution in [3.63, 3.8) is 0 Å². The van der Waals surface area contributed by atoms with E-state index in [9.17, 15) is 18.0 Å². The number of nitrogens with zero attached hydrogens (tertiary/aromatic N) is 2. The number of aryl methyl sites for hydroxylation is 1. The standard InChI is InChI=1S/C18H14ClF3N2O3/c1-10-3-4-11(14(19)7-10)9-24-15-8-12(27-18(20,21)22)5-6-13(15)16(23-24)17(25)26-2/h3-8H,9H2,1-2H3. The summed E-state index contributed by atoms with van der Waals surface area (Å²) < 4.78 is 47.7. The summed E-state index contributed by atoms with van der Waals surface area (Å²) in [5.41, 5.74) is 1.94. The Bertz CT molecular complexity index is 1010. The molecule has 0 spiro atoms. The van der Waals surface area contributed by atoms with E-state index in [2.05, 4.69) is 9.84 Å². The first kappa shape index (κ1) is 19.0. The first-order valence-corrected chi connectivity index (χ1v) is 8.15. The van der Waals surface area contributed by atoms with Crippen LogP contribution in [0.2, 0.25) is 5.02 Å². The summed E-state index contributed by atoms with van der Waals surface area (Å²) in [5, 5.41) is 5.04. The number of benzene rings is 2. The minimum Gasteiger partial charge on any atom is -0.464 e. The molecule has 1 aromatic heterocycles. The molecule has 3 rings (SSSR count). The molecule has 0 saturated carbocycles. The molecule has 0 fully saturated rings. The quantitative estimate of drug-likeness (QED) is 0.596. The predicted molar refractivity (Wildman–Crippen MR) is 93.0 cm³/mol. The lowest BCUT2D eigenvalue weighted by atomic mass is 10.1. The summed E-state index contributed by atoms with van der Waals surface area (Å²) in [7, 11) is 1.20. The molecule has 0 aliphatic carbocycles. The fourth-order valence-electron chi connectivity index (χ4n) is 2.66. The molecule has 5 nitrogen and oxygen atoms in total. The number of ether oxygens (including phenoxy) is 2. The Kier molecular flexibility index (Phi) is 5.01. The van der Waals surface area contributed by atoms with Gasteiger partial charge < -0.3 is 9.47 Å². The number of esters is 1. The molecule has 1 heterocycles.